The number of hydrogen-bond donors (Lipinski definition) is 1. The van der Waals surface area contributed by atoms with Crippen LogP contribution in [0.1, 0.15) is 32.6 Å². The van der Waals surface area contributed by atoms with Crippen LogP contribution in [-0.2, 0) is 9.53 Å². The quantitative estimate of drug-likeness (QED) is 0.699. The Morgan fingerprint density at radius 3 is 2.62 bits per heavy atom. The Kier molecular flexibility index (Phi) is 6.08. The maximum Gasteiger partial charge on any atom is 0.310 e. The topological polar surface area (TPSA) is 52.3 Å². The van der Waals surface area contributed by atoms with Crippen molar-refractivity contribution in [3.8, 4) is 0 Å². The summed E-state index contributed by atoms with van der Waals surface area (Å²) in [5.41, 5.74) is 5.81. The Labute approximate surface area is 85.4 Å². The summed E-state index contributed by atoms with van der Waals surface area (Å²) in [6.45, 7) is 2.29. The molecule has 1 aliphatic rings. The zero-order valence-electron chi connectivity index (χ0n) is 7.99. The van der Waals surface area contributed by atoms with Gasteiger partial charge < -0.3 is 10.5 Å². The van der Waals surface area contributed by atoms with E-state index in [0.29, 0.717) is 6.61 Å². The highest BCUT2D eigenvalue weighted by Crippen LogP contribution is 2.23. The van der Waals surface area contributed by atoms with E-state index in [1.54, 1.807) is 0 Å². The van der Waals surface area contributed by atoms with Gasteiger partial charge in [0.2, 0.25) is 0 Å². The molecule has 4 heteroatoms. The molecule has 2 atom stereocenters. The lowest BCUT2D eigenvalue weighted by molar-refractivity contribution is -0.149. The number of carbonyl (C=O) groups is 1. The molecule has 2 N–H and O–H groups in total. The minimum absolute atomic E-state index is 0. The molecule has 13 heavy (non-hydrogen) atoms. The van der Waals surface area contributed by atoms with Crippen LogP contribution in [0, 0.1) is 5.92 Å². The summed E-state index contributed by atoms with van der Waals surface area (Å²) in [4.78, 5) is 11.3. The highest BCUT2D eigenvalue weighted by Gasteiger charge is 2.28. The van der Waals surface area contributed by atoms with Gasteiger partial charge in [-0.3, -0.25) is 4.79 Å². The number of ether oxygens (including phenoxy) is 1. The Morgan fingerprint density at radius 1 is 1.46 bits per heavy atom. The second-order valence-electron chi connectivity index (χ2n) is 3.31. The average molecular weight is 208 g/mol. The molecular formula is C9H18ClNO2. The molecule has 0 aromatic rings. The van der Waals surface area contributed by atoms with Crippen molar-refractivity contribution in [1.82, 2.24) is 0 Å². The predicted molar refractivity (Wildman–Crippen MR) is 53.8 cm³/mol. The number of esters is 1. The van der Waals surface area contributed by atoms with Crippen molar-refractivity contribution in [2.45, 2.75) is 38.6 Å². The molecule has 0 spiro atoms. The Bertz CT molecular complexity index is 164. The molecule has 0 amide bonds. The van der Waals surface area contributed by atoms with Crippen molar-refractivity contribution in [3.05, 3.63) is 0 Å². The zero-order valence-corrected chi connectivity index (χ0v) is 8.81. The Balaban J connectivity index is 0.00000144. The number of hydrogen-bond acceptors (Lipinski definition) is 3. The maximum atomic E-state index is 11.3. The first kappa shape index (κ1) is 12.7. The number of nitrogens with two attached hydrogens (primary N) is 1. The fourth-order valence-electron chi connectivity index (χ4n) is 1.70. The second kappa shape index (κ2) is 6.22. The van der Waals surface area contributed by atoms with E-state index < -0.39 is 0 Å². The van der Waals surface area contributed by atoms with E-state index in [4.69, 9.17) is 10.5 Å². The monoisotopic (exact) mass is 207 g/mol. The third-order valence-corrected chi connectivity index (χ3v) is 2.41. The molecule has 0 radical (unpaired) electrons. The van der Waals surface area contributed by atoms with Crippen molar-refractivity contribution < 1.29 is 9.53 Å². The summed E-state index contributed by atoms with van der Waals surface area (Å²) in [6.07, 6.45) is 4.12. The lowest BCUT2D eigenvalue weighted by Gasteiger charge is -2.26. The van der Waals surface area contributed by atoms with Gasteiger partial charge in [-0.25, -0.2) is 0 Å². The first-order valence-electron chi connectivity index (χ1n) is 4.68. The van der Waals surface area contributed by atoms with E-state index in [1.807, 2.05) is 6.92 Å². The van der Waals surface area contributed by atoms with E-state index in [0.717, 1.165) is 25.7 Å². The average Bonchev–Trinajstić information content (AvgIpc) is 2.05. The minimum Gasteiger partial charge on any atom is -0.466 e. The van der Waals surface area contributed by atoms with Gasteiger partial charge in [-0.1, -0.05) is 12.8 Å². The van der Waals surface area contributed by atoms with Crippen molar-refractivity contribution in [2.24, 2.45) is 11.7 Å². The van der Waals surface area contributed by atoms with Crippen LogP contribution < -0.4 is 5.73 Å². The van der Waals surface area contributed by atoms with Crippen LogP contribution in [-0.4, -0.2) is 18.6 Å². The van der Waals surface area contributed by atoms with E-state index in [1.165, 1.54) is 0 Å². The summed E-state index contributed by atoms with van der Waals surface area (Å²) in [7, 11) is 0. The van der Waals surface area contributed by atoms with Gasteiger partial charge in [0, 0.05) is 6.04 Å². The van der Waals surface area contributed by atoms with Gasteiger partial charge in [0.15, 0.2) is 0 Å². The fourth-order valence-corrected chi connectivity index (χ4v) is 1.70. The minimum atomic E-state index is -0.107. The van der Waals surface area contributed by atoms with E-state index in [2.05, 4.69) is 0 Å². The number of carbonyl (C=O) groups excluding carboxylic acids is 1. The molecule has 0 bridgehead atoms. The molecule has 1 aliphatic carbocycles. The van der Waals surface area contributed by atoms with Crippen LogP contribution in [0.25, 0.3) is 0 Å². The highest BCUT2D eigenvalue weighted by atomic mass is 35.5. The van der Waals surface area contributed by atoms with Crippen molar-refractivity contribution >= 4 is 18.4 Å². The molecule has 0 aromatic carbocycles. The van der Waals surface area contributed by atoms with Crippen molar-refractivity contribution in [3.63, 3.8) is 0 Å². The summed E-state index contributed by atoms with van der Waals surface area (Å²) in [6, 6.07) is 0.0257. The SMILES string of the molecule is CCOC(=O)C1CCCCC1N.Cl. The normalized spacial score (nSPS) is 27.5. The maximum absolute atomic E-state index is 11.3. The molecule has 78 valence electrons. The predicted octanol–water partition coefficient (Wildman–Crippen LogP) is 1.49. The summed E-state index contributed by atoms with van der Waals surface area (Å²) in [5.74, 6) is -0.150. The summed E-state index contributed by atoms with van der Waals surface area (Å²) < 4.78 is 4.93. The van der Waals surface area contributed by atoms with Gasteiger partial charge in [-0.05, 0) is 19.8 Å². The second-order valence-corrected chi connectivity index (χ2v) is 3.31. The molecule has 0 aromatic heterocycles. The van der Waals surface area contributed by atoms with Crippen LogP contribution in [0.3, 0.4) is 0 Å². The Morgan fingerprint density at radius 2 is 2.08 bits per heavy atom. The lowest BCUT2D eigenvalue weighted by atomic mass is 9.85. The van der Waals surface area contributed by atoms with Crippen LogP contribution in [0.5, 0.6) is 0 Å². The van der Waals surface area contributed by atoms with Crippen molar-refractivity contribution in [2.75, 3.05) is 6.61 Å². The molecule has 0 aliphatic heterocycles. The summed E-state index contributed by atoms with van der Waals surface area (Å²) in [5, 5.41) is 0. The molecule has 3 nitrogen and oxygen atoms in total. The standard InChI is InChI=1S/C9H17NO2.ClH/c1-2-12-9(11)7-5-3-4-6-8(7)10;/h7-8H,2-6,10H2,1H3;1H. The smallest absolute Gasteiger partial charge is 0.310 e. The van der Waals surface area contributed by atoms with Crippen LogP contribution in [0.4, 0.5) is 0 Å². The molecule has 1 fully saturated rings. The molecule has 1 saturated carbocycles. The lowest BCUT2D eigenvalue weighted by Crippen LogP contribution is -2.38. The Hall–Kier alpha value is -0.280. The van der Waals surface area contributed by atoms with Gasteiger partial charge >= 0.3 is 5.97 Å². The third-order valence-electron chi connectivity index (χ3n) is 2.41. The van der Waals surface area contributed by atoms with Gasteiger partial charge in [0.1, 0.15) is 0 Å². The first-order chi connectivity index (χ1) is 5.75. The first-order valence-corrected chi connectivity index (χ1v) is 4.68. The molecule has 0 heterocycles. The van der Waals surface area contributed by atoms with Crippen LogP contribution in [0.15, 0.2) is 0 Å². The van der Waals surface area contributed by atoms with E-state index in [-0.39, 0.29) is 30.3 Å². The molecule has 1 rings (SSSR count). The molecular weight excluding hydrogens is 190 g/mol. The van der Waals surface area contributed by atoms with Gasteiger partial charge in [0.25, 0.3) is 0 Å². The summed E-state index contributed by atoms with van der Waals surface area (Å²) >= 11 is 0. The van der Waals surface area contributed by atoms with Gasteiger partial charge in [0.05, 0.1) is 12.5 Å². The van der Waals surface area contributed by atoms with Crippen LogP contribution >= 0.6 is 12.4 Å². The van der Waals surface area contributed by atoms with Crippen LogP contribution in [0.2, 0.25) is 0 Å². The third kappa shape index (κ3) is 3.53. The van der Waals surface area contributed by atoms with E-state index >= 15 is 0 Å². The van der Waals surface area contributed by atoms with E-state index in [9.17, 15) is 4.79 Å². The van der Waals surface area contributed by atoms with Gasteiger partial charge in [-0.2, -0.15) is 0 Å². The fraction of sp³-hybridized carbons (Fsp3) is 0.889. The van der Waals surface area contributed by atoms with Crippen molar-refractivity contribution in [1.29, 1.82) is 0 Å². The van der Waals surface area contributed by atoms with Gasteiger partial charge in [-0.15, -0.1) is 12.4 Å². The largest absolute Gasteiger partial charge is 0.466 e. The molecule has 2 unspecified atom stereocenters. The number of rotatable bonds is 2. The highest BCUT2D eigenvalue weighted by molar-refractivity contribution is 5.85. The molecule has 0 saturated heterocycles. The zero-order chi connectivity index (χ0) is 8.97. The number of halogens is 1.